The van der Waals surface area contributed by atoms with Gasteiger partial charge in [0.05, 0.1) is 0 Å². The molecule has 0 amide bonds. The molecule has 0 radical (unpaired) electrons. The maximum absolute atomic E-state index is 5.07. The van der Waals surface area contributed by atoms with Gasteiger partial charge in [0.15, 0.2) is 0 Å². The van der Waals surface area contributed by atoms with Gasteiger partial charge in [-0.2, -0.15) is 0 Å². The zero-order valence-electron chi connectivity index (χ0n) is 24.3. The molecule has 0 aliphatic rings. The summed E-state index contributed by atoms with van der Waals surface area (Å²) in [5, 5.41) is 2.52. The normalized spacial score (nSPS) is 12.8. The SMILES string of the molecule is C[C](C)(C)[Ge]([c]1cccc(-n2c3ccccc3c3ccc(-c4ccccn4)cc32)c1)([c]1ccccn1)[C](C)(C)C. The van der Waals surface area contributed by atoms with E-state index in [-0.39, 0.29) is 8.49 Å². The van der Waals surface area contributed by atoms with Gasteiger partial charge in [-0.15, -0.1) is 0 Å². The molecule has 40 heavy (non-hydrogen) atoms. The minimum absolute atomic E-state index is 0.0815. The first kappa shape index (κ1) is 26.5. The van der Waals surface area contributed by atoms with Crippen molar-refractivity contribution >= 4 is 44.0 Å². The molecule has 4 heteroatoms. The number of fused-ring (bicyclic) bond motifs is 3. The molecule has 0 spiro atoms. The molecule has 0 atom stereocenters. The number of benzene rings is 3. The van der Waals surface area contributed by atoms with E-state index in [9.17, 15) is 0 Å². The summed E-state index contributed by atoms with van der Waals surface area (Å²) < 4.78 is 5.36. The van der Waals surface area contributed by atoms with Crippen LogP contribution in [0.15, 0.2) is 116 Å². The van der Waals surface area contributed by atoms with E-state index in [0.29, 0.717) is 0 Å². The Morgan fingerprint density at radius 2 is 1.25 bits per heavy atom. The summed E-state index contributed by atoms with van der Waals surface area (Å²) in [6, 6.07) is 37.4. The summed E-state index contributed by atoms with van der Waals surface area (Å²) in [5.74, 6) is 0. The van der Waals surface area contributed by atoms with Crippen LogP contribution in [-0.2, 0) is 0 Å². The van der Waals surface area contributed by atoms with Crippen LogP contribution in [0, 0.1) is 0 Å². The molecule has 0 bridgehead atoms. The Labute approximate surface area is 240 Å². The molecule has 0 N–H and O–H groups in total. The van der Waals surface area contributed by atoms with Gasteiger partial charge in [0.25, 0.3) is 0 Å². The van der Waals surface area contributed by atoms with Crippen molar-refractivity contribution in [1.29, 1.82) is 0 Å². The second-order valence-electron chi connectivity index (χ2n) is 12.8. The first-order valence-corrected chi connectivity index (χ1v) is 18.3. The van der Waals surface area contributed by atoms with Crippen molar-refractivity contribution in [2.24, 2.45) is 0 Å². The van der Waals surface area contributed by atoms with Crippen LogP contribution in [0.2, 0.25) is 8.49 Å². The Kier molecular flexibility index (Phi) is 6.46. The fourth-order valence-corrected chi connectivity index (χ4v) is 22.3. The predicted octanol–water partition coefficient (Wildman–Crippen LogP) is 8.40. The van der Waals surface area contributed by atoms with Gasteiger partial charge in [0.2, 0.25) is 0 Å². The molecule has 3 aromatic heterocycles. The Balaban J connectivity index is 1.66. The first-order valence-electron chi connectivity index (χ1n) is 14.1. The van der Waals surface area contributed by atoms with E-state index in [2.05, 4.69) is 136 Å². The van der Waals surface area contributed by atoms with E-state index in [4.69, 9.17) is 4.98 Å². The van der Waals surface area contributed by atoms with Crippen LogP contribution >= 0.6 is 0 Å². The zero-order valence-corrected chi connectivity index (χ0v) is 26.4. The molecule has 6 aromatic rings. The van der Waals surface area contributed by atoms with Crippen molar-refractivity contribution in [2.45, 2.75) is 50.0 Å². The molecule has 200 valence electrons. The van der Waals surface area contributed by atoms with Crippen LogP contribution in [0.25, 0.3) is 38.8 Å². The molecule has 0 fully saturated rings. The van der Waals surface area contributed by atoms with E-state index >= 15 is 0 Å². The zero-order chi connectivity index (χ0) is 28.1. The molecular weight excluding hydrogens is 547 g/mol. The van der Waals surface area contributed by atoms with E-state index in [0.717, 1.165) is 11.3 Å². The molecule has 6 rings (SSSR count). The second kappa shape index (κ2) is 9.74. The minimum atomic E-state index is -3.16. The summed E-state index contributed by atoms with van der Waals surface area (Å²) in [4.78, 5) is 9.71. The fraction of sp³-hybridized carbons (Fsp3) is 0.222. The number of hydrogen-bond donors (Lipinski definition) is 0. The van der Waals surface area contributed by atoms with Gasteiger partial charge in [0.1, 0.15) is 0 Å². The Morgan fingerprint density at radius 1 is 0.575 bits per heavy atom. The third kappa shape index (κ3) is 4.10. The molecule has 3 nitrogen and oxygen atoms in total. The van der Waals surface area contributed by atoms with Gasteiger partial charge in [-0.05, 0) is 0 Å². The number of pyridine rings is 2. The van der Waals surface area contributed by atoms with Gasteiger partial charge < -0.3 is 0 Å². The van der Waals surface area contributed by atoms with Crippen molar-refractivity contribution in [1.82, 2.24) is 14.5 Å². The van der Waals surface area contributed by atoms with Gasteiger partial charge in [0, 0.05) is 0 Å². The third-order valence-corrected chi connectivity index (χ3v) is 22.6. The Bertz CT molecular complexity index is 1790. The van der Waals surface area contributed by atoms with Gasteiger partial charge in [-0.25, -0.2) is 0 Å². The fourth-order valence-electron chi connectivity index (χ4n) is 7.31. The third-order valence-electron chi connectivity index (χ3n) is 8.47. The first-order chi connectivity index (χ1) is 19.1. The van der Waals surface area contributed by atoms with Gasteiger partial charge >= 0.3 is 241 Å². The number of hydrogen-bond acceptors (Lipinski definition) is 2. The molecule has 0 aliphatic heterocycles. The number of rotatable bonds is 4. The van der Waals surface area contributed by atoms with Crippen LogP contribution in [0.4, 0.5) is 0 Å². The molecule has 0 saturated heterocycles. The molecule has 0 unspecified atom stereocenters. The quantitative estimate of drug-likeness (QED) is 0.195. The van der Waals surface area contributed by atoms with Gasteiger partial charge in [-0.3, -0.25) is 0 Å². The van der Waals surface area contributed by atoms with Crippen LogP contribution < -0.4 is 8.92 Å². The summed E-state index contributed by atoms with van der Waals surface area (Å²) in [5.41, 5.74) is 5.72. The van der Waals surface area contributed by atoms with Crippen molar-refractivity contribution in [3.8, 4) is 16.9 Å². The second-order valence-corrected chi connectivity index (χ2v) is 24.5. The monoisotopic (exact) mass is 585 g/mol. The molecule has 3 heterocycles. The standard InChI is InChI=1S/C36H37GeN3/c1-35(2,3)37(36(4,5)6,34-19-10-12-23-39-34)27-14-13-15-28(25-27)40-32-18-8-7-16-29(32)30-21-20-26(24-33(30)40)31-17-9-11-22-38-31/h7-25H,1-6H3. The number of nitrogens with zero attached hydrogens (tertiary/aromatic N) is 3. The average molecular weight is 584 g/mol. The van der Waals surface area contributed by atoms with Crippen molar-refractivity contribution < 1.29 is 0 Å². The number of para-hydroxylation sites is 1. The van der Waals surface area contributed by atoms with E-state index in [1.165, 1.54) is 36.4 Å². The van der Waals surface area contributed by atoms with Crippen LogP contribution in [-0.4, -0.2) is 27.8 Å². The van der Waals surface area contributed by atoms with Crippen molar-refractivity contribution in [3.05, 3.63) is 116 Å². The molecular formula is C36H37GeN3. The van der Waals surface area contributed by atoms with E-state index in [1.54, 1.807) is 0 Å². The number of aromatic nitrogens is 3. The topological polar surface area (TPSA) is 30.7 Å². The van der Waals surface area contributed by atoms with Crippen molar-refractivity contribution in [2.75, 3.05) is 0 Å². The molecule has 3 aromatic carbocycles. The van der Waals surface area contributed by atoms with E-state index in [1.807, 2.05) is 30.6 Å². The van der Waals surface area contributed by atoms with E-state index < -0.39 is 13.3 Å². The Hall–Kier alpha value is -3.70. The van der Waals surface area contributed by atoms with Crippen LogP contribution in [0.5, 0.6) is 0 Å². The summed E-state index contributed by atoms with van der Waals surface area (Å²) in [6.45, 7) is 14.6. The summed E-state index contributed by atoms with van der Waals surface area (Å²) in [6.07, 6.45) is 3.84. The van der Waals surface area contributed by atoms with Gasteiger partial charge in [-0.1, -0.05) is 0 Å². The average Bonchev–Trinajstić information content (AvgIpc) is 3.27. The predicted molar refractivity (Wildman–Crippen MR) is 173 cm³/mol. The molecule has 0 saturated carbocycles. The Morgan fingerprint density at radius 3 is 1.93 bits per heavy atom. The molecule has 0 aliphatic carbocycles. The maximum atomic E-state index is 5.07. The van der Waals surface area contributed by atoms with Crippen LogP contribution in [0.3, 0.4) is 0 Å². The summed E-state index contributed by atoms with van der Waals surface area (Å²) >= 11 is -3.16. The van der Waals surface area contributed by atoms with Crippen LogP contribution in [0.1, 0.15) is 41.5 Å². The summed E-state index contributed by atoms with van der Waals surface area (Å²) in [7, 11) is 0. The van der Waals surface area contributed by atoms with Crippen molar-refractivity contribution in [3.63, 3.8) is 0 Å².